The van der Waals surface area contributed by atoms with Gasteiger partial charge in [-0.2, -0.15) is 0 Å². The zero-order valence-electron chi connectivity index (χ0n) is 16.3. The molecule has 0 aliphatic rings. The largest absolute Gasteiger partial charge is 0.494 e. The van der Waals surface area contributed by atoms with Gasteiger partial charge < -0.3 is 20.1 Å². The summed E-state index contributed by atoms with van der Waals surface area (Å²) in [5.41, 5.74) is 1.98. The Bertz CT molecular complexity index is 868. The third-order valence-electron chi connectivity index (χ3n) is 3.84. The molecule has 0 atom stereocenters. The van der Waals surface area contributed by atoms with Gasteiger partial charge >= 0.3 is 5.97 Å². The second-order valence-electron chi connectivity index (χ2n) is 6.17. The van der Waals surface area contributed by atoms with Crippen LogP contribution in [0.4, 0.5) is 11.4 Å². The summed E-state index contributed by atoms with van der Waals surface area (Å²) in [5.74, 6) is -0.738. The molecule has 8 heteroatoms. The Kier molecular flexibility index (Phi) is 8.48. The number of carbonyl (C=O) groups is 3. The van der Waals surface area contributed by atoms with Crippen molar-refractivity contribution < 1.29 is 23.9 Å². The van der Waals surface area contributed by atoms with E-state index >= 15 is 0 Å². The lowest BCUT2D eigenvalue weighted by molar-refractivity contribution is -0.147. The first kappa shape index (κ1) is 22.2. The molecule has 2 N–H and O–H groups in total. The SMILES string of the molecule is CCOc1ccc(NC(=O)CCC(=O)OCC(=O)Nc2cc(Cl)ccc2C)cc1. The summed E-state index contributed by atoms with van der Waals surface area (Å²) >= 11 is 5.90. The molecule has 0 aromatic heterocycles. The van der Waals surface area contributed by atoms with Crippen molar-refractivity contribution in [1.29, 1.82) is 0 Å². The van der Waals surface area contributed by atoms with Crippen LogP contribution in [0, 0.1) is 6.92 Å². The quantitative estimate of drug-likeness (QED) is 0.601. The smallest absolute Gasteiger partial charge is 0.306 e. The van der Waals surface area contributed by atoms with E-state index in [-0.39, 0.29) is 18.7 Å². The first-order chi connectivity index (χ1) is 13.9. The molecular weight excluding hydrogens is 396 g/mol. The van der Waals surface area contributed by atoms with Gasteiger partial charge in [0, 0.05) is 22.8 Å². The van der Waals surface area contributed by atoms with E-state index in [9.17, 15) is 14.4 Å². The molecule has 2 rings (SSSR count). The molecule has 29 heavy (non-hydrogen) atoms. The van der Waals surface area contributed by atoms with Gasteiger partial charge in [-0.25, -0.2) is 0 Å². The molecular formula is C21H23ClN2O5. The molecule has 0 radical (unpaired) electrons. The molecule has 0 fully saturated rings. The highest BCUT2D eigenvalue weighted by atomic mass is 35.5. The number of esters is 1. The van der Waals surface area contributed by atoms with E-state index < -0.39 is 18.5 Å². The number of halogens is 1. The second kappa shape index (κ2) is 11.1. The molecule has 0 bridgehead atoms. The molecule has 0 aliphatic carbocycles. The van der Waals surface area contributed by atoms with Gasteiger partial charge in [-0.15, -0.1) is 0 Å². The number of carbonyl (C=O) groups excluding carboxylic acids is 3. The predicted molar refractivity (Wildman–Crippen MR) is 111 cm³/mol. The van der Waals surface area contributed by atoms with Gasteiger partial charge in [-0.05, 0) is 55.8 Å². The summed E-state index contributed by atoms with van der Waals surface area (Å²) in [5, 5.41) is 5.80. The molecule has 0 unspecified atom stereocenters. The Labute approximate surface area is 174 Å². The maximum Gasteiger partial charge on any atom is 0.306 e. The molecule has 0 saturated heterocycles. The fourth-order valence-electron chi connectivity index (χ4n) is 2.37. The predicted octanol–water partition coefficient (Wildman–Crippen LogP) is 3.95. The van der Waals surface area contributed by atoms with Crippen LogP contribution in [0.2, 0.25) is 5.02 Å². The summed E-state index contributed by atoms with van der Waals surface area (Å²) in [6.07, 6.45) is -0.187. The lowest BCUT2D eigenvalue weighted by Gasteiger charge is -2.09. The summed E-state index contributed by atoms with van der Waals surface area (Å²) in [7, 11) is 0. The third kappa shape index (κ3) is 7.83. The van der Waals surface area contributed by atoms with Crippen molar-refractivity contribution in [3.63, 3.8) is 0 Å². The fourth-order valence-corrected chi connectivity index (χ4v) is 2.55. The van der Waals surface area contributed by atoms with Crippen molar-refractivity contribution in [2.45, 2.75) is 26.7 Å². The Balaban J connectivity index is 1.70. The Hall–Kier alpha value is -3.06. The molecule has 0 heterocycles. The highest BCUT2D eigenvalue weighted by molar-refractivity contribution is 6.31. The van der Waals surface area contributed by atoms with Crippen LogP contribution in [0.25, 0.3) is 0 Å². The number of nitrogens with one attached hydrogen (secondary N) is 2. The number of amides is 2. The van der Waals surface area contributed by atoms with Crippen LogP contribution in [-0.4, -0.2) is 31.0 Å². The standard InChI is InChI=1S/C21H23ClN2O5/c1-3-28-17-8-6-16(7-9-17)23-19(25)10-11-21(27)29-13-20(26)24-18-12-15(22)5-4-14(18)2/h4-9,12H,3,10-11,13H2,1-2H3,(H,23,25)(H,24,26). The van der Waals surface area contributed by atoms with Crippen molar-refractivity contribution in [1.82, 2.24) is 0 Å². The lowest BCUT2D eigenvalue weighted by atomic mass is 10.2. The summed E-state index contributed by atoms with van der Waals surface area (Å²) < 4.78 is 10.2. The minimum atomic E-state index is -0.634. The first-order valence-corrected chi connectivity index (χ1v) is 9.49. The van der Waals surface area contributed by atoms with Gasteiger partial charge in [-0.3, -0.25) is 14.4 Å². The minimum absolute atomic E-state index is 0.0545. The van der Waals surface area contributed by atoms with Crippen LogP contribution in [0.15, 0.2) is 42.5 Å². The van der Waals surface area contributed by atoms with E-state index in [0.717, 1.165) is 5.56 Å². The Morgan fingerprint density at radius 2 is 1.69 bits per heavy atom. The maximum atomic E-state index is 11.9. The molecule has 2 aromatic rings. The number of hydrogen-bond acceptors (Lipinski definition) is 5. The van der Waals surface area contributed by atoms with Gasteiger partial charge in [0.1, 0.15) is 5.75 Å². The first-order valence-electron chi connectivity index (χ1n) is 9.11. The number of anilines is 2. The highest BCUT2D eigenvalue weighted by Crippen LogP contribution is 2.20. The van der Waals surface area contributed by atoms with E-state index in [4.69, 9.17) is 21.1 Å². The van der Waals surface area contributed by atoms with Gasteiger partial charge in [0.25, 0.3) is 5.91 Å². The number of rotatable bonds is 9. The number of ether oxygens (including phenoxy) is 2. The topological polar surface area (TPSA) is 93.7 Å². The molecule has 0 saturated carbocycles. The normalized spacial score (nSPS) is 10.2. The third-order valence-corrected chi connectivity index (χ3v) is 4.08. The van der Waals surface area contributed by atoms with Gasteiger partial charge in [0.15, 0.2) is 6.61 Å². The van der Waals surface area contributed by atoms with Crippen molar-refractivity contribution in [2.24, 2.45) is 0 Å². The van der Waals surface area contributed by atoms with Crippen LogP contribution in [-0.2, 0) is 19.1 Å². The maximum absolute atomic E-state index is 11.9. The Morgan fingerprint density at radius 3 is 2.38 bits per heavy atom. The van der Waals surface area contributed by atoms with Gasteiger partial charge in [0.05, 0.1) is 13.0 Å². The molecule has 0 aliphatic heterocycles. The fraction of sp³-hybridized carbons (Fsp3) is 0.286. The molecule has 2 aromatic carbocycles. The zero-order valence-corrected chi connectivity index (χ0v) is 17.0. The number of hydrogen-bond donors (Lipinski definition) is 2. The van der Waals surface area contributed by atoms with E-state index in [1.54, 1.807) is 42.5 Å². The average molecular weight is 419 g/mol. The average Bonchev–Trinajstić information content (AvgIpc) is 2.69. The van der Waals surface area contributed by atoms with Crippen LogP contribution in [0.5, 0.6) is 5.75 Å². The highest BCUT2D eigenvalue weighted by Gasteiger charge is 2.12. The minimum Gasteiger partial charge on any atom is -0.494 e. The monoisotopic (exact) mass is 418 g/mol. The van der Waals surface area contributed by atoms with Crippen LogP contribution in [0.1, 0.15) is 25.3 Å². The number of aryl methyl sites for hydroxylation is 1. The second-order valence-corrected chi connectivity index (χ2v) is 6.61. The summed E-state index contributed by atoms with van der Waals surface area (Å²) in [4.78, 5) is 35.6. The summed E-state index contributed by atoms with van der Waals surface area (Å²) in [6, 6.07) is 12.0. The van der Waals surface area contributed by atoms with E-state index in [1.807, 2.05) is 13.8 Å². The van der Waals surface area contributed by atoms with E-state index in [0.29, 0.717) is 28.8 Å². The Morgan fingerprint density at radius 1 is 0.966 bits per heavy atom. The molecule has 154 valence electrons. The van der Waals surface area contributed by atoms with Crippen LogP contribution < -0.4 is 15.4 Å². The van der Waals surface area contributed by atoms with Crippen molar-refractivity contribution >= 4 is 40.8 Å². The number of benzene rings is 2. The molecule has 2 amide bonds. The van der Waals surface area contributed by atoms with Crippen molar-refractivity contribution in [2.75, 3.05) is 23.8 Å². The molecule has 7 nitrogen and oxygen atoms in total. The van der Waals surface area contributed by atoms with Crippen molar-refractivity contribution in [3.8, 4) is 5.75 Å². The van der Waals surface area contributed by atoms with E-state index in [1.165, 1.54) is 0 Å². The summed E-state index contributed by atoms with van der Waals surface area (Å²) in [6.45, 7) is 3.83. The van der Waals surface area contributed by atoms with Crippen LogP contribution >= 0.6 is 11.6 Å². The van der Waals surface area contributed by atoms with Crippen molar-refractivity contribution in [3.05, 3.63) is 53.1 Å². The lowest BCUT2D eigenvalue weighted by Crippen LogP contribution is -2.22. The van der Waals surface area contributed by atoms with Crippen LogP contribution in [0.3, 0.4) is 0 Å². The van der Waals surface area contributed by atoms with Gasteiger partial charge in [0.2, 0.25) is 5.91 Å². The van der Waals surface area contributed by atoms with Gasteiger partial charge in [-0.1, -0.05) is 17.7 Å². The molecule has 0 spiro atoms. The zero-order chi connectivity index (χ0) is 21.2. The van der Waals surface area contributed by atoms with E-state index in [2.05, 4.69) is 10.6 Å².